The van der Waals surface area contributed by atoms with E-state index in [1.54, 1.807) is 0 Å². The maximum absolute atomic E-state index is 14.0. The number of carbonyl (C=O) groups is 3. The number of carbonyl (C=O) groups excluding carboxylic acids is 3. The number of benzene rings is 2. The van der Waals surface area contributed by atoms with E-state index in [-0.39, 0.29) is 24.0 Å². The molecule has 3 fully saturated rings. The third kappa shape index (κ3) is 6.88. The minimum Gasteiger partial charge on any atom is -0.341 e. The van der Waals surface area contributed by atoms with Crippen LogP contribution < -0.4 is 10.6 Å². The van der Waals surface area contributed by atoms with Gasteiger partial charge in [0.15, 0.2) is 0 Å². The lowest BCUT2D eigenvalue weighted by Crippen LogP contribution is -2.57. The van der Waals surface area contributed by atoms with E-state index in [1.807, 2.05) is 39.0 Å². The fraction of sp³-hybridized carbons (Fsp3) is 0.571. The van der Waals surface area contributed by atoms with Gasteiger partial charge in [0.2, 0.25) is 5.91 Å². The summed E-state index contributed by atoms with van der Waals surface area (Å²) in [4.78, 5) is 48.8. The molecule has 2 N–H and O–H groups in total. The van der Waals surface area contributed by atoms with Gasteiger partial charge in [0, 0.05) is 56.9 Å². The van der Waals surface area contributed by atoms with Gasteiger partial charge in [-0.1, -0.05) is 42.8 Å². The van der Waals surface area contributed by atoms with E-state index >= 15 is 0 Å². The molecule has 3 saturated heterocycles. The Hall–Kier alpha value is -3.59. The van der Waals surface area contributed by atoms with Crippen molar-refractivity contribution in [3.8, 4) is 0 Å². The first kappa shape index (κ1) is 30.4. The van der Waals surface area contributed by atoms with Gasteiger partial charge in [-0.05, 0) is 93.8 Å². The predicted octanol–water partition coefficient (Wildman–Crippen LogP) is 4.91. The lowest BCUT2D eigenvalue weighted by molar-refractivity contribution is -0.134. The van der Waals surface area contributed by atoms with Gasteiger partial charge in [-0.25, -0.2) is 9.59 Å². The quantitative estimate of drug-likeness (QED) is 0.493. The van der Waals surface area contributed by atoms with E-state index in [0.29, 0.717) is 44.9 Å². The highest BCUT2D eigenvalue weighted by Crippen LogP contribution is 2.28. The van der Waals surface area contributed by atoms with Gasteiger partial charge >= 0.3 is 12.1 Å². The summed E-state index contributed by atoms with van der Waals surface area (Å²) in [7, 11) is 0. The number of rotatable bonds is 6. The fourth-order valence-electron chi connectivity index (χ4n) is 7.46. The molecular formula is C35H48N6O3. The Labute approximate surface area is 261 Å². The Bertz CT molecular complexity index is 1340. The number of para-hydroxylation sites is 1. The second-order valence-corrected chi connectivity index (χ2v) is 13.2. The van der Waals surface area contributed by atoms with Crippen molar-refractivity contribution < 1.29 is 14.4 Å². The number of amides is 5. The number of nitrogens with zero attached hydrogens (tertiary/aromatic N) is 4. The summed E-state index contributed by atoms with van der Waals surface area (Å²) in [6.07, 6.45) is 7.77. The summed E-state index contributed by atoms with van der Waals surface area (Å²) in [5, 5.41) is 6.16. The minimum atomic E-state index is -0.613. The molecule has 4 heterocycles. The molecule has 2 aromatic rings. The van der Waals surface area contributed by atoms with Crippen molar-refractivity contribution in [2.75, 3.05) is 44.6 Å². The van der Waals surface area contributed by atoms with Gasteiger partial charge < -0.3 is 30.2 Å². The molecule has 5 amide bonds. The van der Waals surface area contributed by atoms with Crippen molar-refractivity contribution in [1.29, 1.82) is 0 Å². The van der Waals surface area contributed by atoms with Gasteiger partial charge in [0.05, 0.1) is 0 Å². The molecule has 0 bridgehead atoms. The number of piperidine rings is 3. The summed E-state index contributed by atoms with van der Waals surface area (Å²) < 4.78 is 0. The average Bonchev–Trinajstić information content (AvgIpc) is 3.06. The molecule has 4 aliphatic heterocycles. The van der Waals surface area contributed by atoms with E-state index in [4.69, 9.17) is 0 Å². The summed E-state index contributed by atoms with van der Waals surface area (Å²) in [6, 6.07) is 14.0. The standard InChI is InChI=1S/C35H48N6O3/c1-25-10-11-27(22-26(25)2)23-32(33(42)39-18-12-29(13-19-39)38-16-6-3-7-17-38)37-34(43)40-20-14-30(15-21-40)41-24-28-8-4-5-9-31(28)36-35(41)44/h4-5,8-11,22,29-30,32H,3,6-7,12-21,23-24H2,1-2H3,(H,36,44)(H,37,43). The van der Waals surface area contributed by atoms with Crippen LogP contribution in [0.15, 0.2) is 42.5 Å². The Morgan fingerprint density at radius 3 is 2.25 bits per heavy atom. The normalized spacial score (nSPS) is 21.0. The van der Waals surface area contributed by atoms with Crippen LogP contribution in [0.2, 0.25) is 0 Å². The minimum absolute atomic E-state index is 0.0206. The zero-order valence-electron chi connectivity index (χ0n) is 26.4. The van der Waals surface area contributed by atoms with Gasteiger partial charge in [0.1, 0.15) is 6.04 Å². The number of likely N-dealkylation sites (tertiary alicyclic amines) is 3. The van der Waals surface area contributed by atoms with E-state index in [9.17, 15) is 14.4 Å². The van der Waals surface area contributed by atoms with Crippen molar-refractivity contribution in [3.05, 3.63) is 64.7 Å². The van der Waals surface area contributed by atoms with Crippen molar-refractivity contribution in [2.45, 2.75) is 89.9 Å². The molecule has 0 saturated carbocycles. The van der Waals surface area contributed by atoms with Crippen molar-refractivity contribution in [2.24, 2.45) is 0 Å². The molecule has 0 spiro atoms. The van der Waals surface area contributed by atoms with Gasteiger partial charge in [-0.3, -0.25) is 4.79 Å². The van der Waals surface area contributed by atoms with E-state index in [2.05, 4.69) is 47.6 Å². The fourth-order valence-corrected chi connectivity index (χ4v) is 7.46. The smallest absolute Gasteiger partial charge is 0.322 e. The first-order valence-electron chi connectivity index (χ1n) is 16.7. The zero-order valence-corrected chi connectivity index (χ0v) is 26.4. The summed E-state index contributed by atoms with van der Waals surface area (Å²) in [5.74, 6) is 0.0206. The number of hydrogen-bond donors (Lipinski definition) is 2. The van der Waals surface area contributed by atoms with Crippen LogP contribution in [0.4, 0.5) is 15.3 Å². The largest absolute Gasteiger partial charge is 0.341 e. The molecular weight excluding hydrogens is 552 g/mol. The molecule has 44 heavy (non-hydrogen) atoms. The first-order valence-corrected chi connectivity index (χ1v) is 16.7. The maximum Gasteiger partial charge on any atom is 0.322 e. The molecule has 1 atom stereocenters. The molecule has 1 unspecified atom stereocenters. The number of aryl methyl sites for hydroxylation is 2. The summed E-state index contributed by atoms with van der Waals surface area (Å²) in [5.41, 5.74) is 5.45. The average molecular weight is 601 g/mol. The zero-order chi connectivity index (χ0) is 30.6. The van der Waals surface area contributed by atoms with Crippen LogP contribution in [0.25, 0.3) is 0 Å². The lowest BCUT2D eigenvalue weighted by atomic mass is 9.97. The lowest BCUT2D eigenvalue weighted by Gasteiger charge is -2.42. The topological polar surface area (TPSA) is 88.2 Å². The molecule has 9 heteroatoms. The number of urea groups is 2. The molecule has 2 aromatic carbocycles. The molecule has 0 aliphatic carbocycles. The van der Waals surface area contributed by atoms with Crippen LogP contribution in [-0.2, 0) is 17.8 Å². The number of nitrogens with one attached hydrogen (secondary N) is 2. The monoisotopic (exact) mass is 600 g/mol. The van der Waals surface area contributed by atoms with Crippen LogP contribution in [0.1, 0.15) is 67.2 Å². The maximum atomic E-state index is 14.0. The predicted molar refractivity (Wildman–Crippen MR) is 173 cm³/mol. The van der Waals surface area contributed by atoms with Gasteiger partial charge in [-0.2, -0.15) is 0 Å². The highest BCUT2D eigenvalue weighted by Gasteiger charge is 2.35. The number of anilines is 1. The Morgan fingerprint density at radius 2 is 1.52 bits per heavy atom. The molecule has 236 valence electrons. The Morgan fingerprint density at radius 1 is 0.841 bits per heavy atom. The second kappa shape index (κ2) is 13.6. The first-order chi connectivity index (χ1) is 21.4. The molecule has 6 rings (SSSR count). The number of fused-ring (bicyclic) bond motifs is 1. The van der Waals surface area contributed by atoms with E-state index in [0.717, 1.165) is 42.7 Å². The third-order valence-electron chi connectivity index (χ3n) is 10.3. The Kier molecular flexibility index (Phi) is 9.40. The summed E-state index contributed by atoms with van der Waals surface area (Å²) >= 11 is 0. The highest BCUT2D eigenvalue weighted by atomic mass is 16.2. The molecule has 4 aliphatic rings. The van der Waals surface area contributed by atoms with E-state index in [1.165, 1.54) is 43.5 Å². The van der Waals surface area contributed by atoms with Gasteiger partial charge in [-0.15, -0.1) is 0 Å². The van der Waals surface area contributed by atoms with Crippen LogP contribution in [0.3, 0.4) is 0 Å². The van der Waals surface area contributed by atoms with Crippen molar-refractivity contribution >= 4 is 23.7 Å². The second-order valence-electron chi connectivity index (χ2n) is 13.2. The molecule has 0 aromatic heterocycles. The Balaban J connectivity index is 1.08. The van der Waals surface area contributed by atoms with Crippen LogP contribution in [0, 0.1) is 13.8 Å². The van der Waals surface area contributed by atoms with Crippen LogP contribution >= 0.6 is 0 Å². The summed E-state index contributed by atoms with van der Waals surface area (Å²) in [6.45, 7) is 9.70. The highest BCUT2D eigenvalue weighted by molar-refractivity contribution is 5.92. The van der Waals surface area contributed by atoms with Crippen molar-refractivity contribution in [1.82, 2.24) is 24.9 Å². The third-order valence-corrected chi connectivity index (χ3v) is 10.3. The number of hydrogen-bond acceptors (Lipinski definition) is 4. The van der Waals surface area contributed by atoms with Crippen molar-refractivity contribution in [3.63, 3.8) is 0 Å². The SMILES string of the molecule is Cc1ccc(CC(NC(=O)N2CCC(N3Cc4ccccc4NC3=O)CC2)C(=O)N2CCC(N3CCCCC3)CC2)cc1C. The molecule has 0 radical (unpaired) electrons. The van der Waals surface area contributed by atoms with Gasteiger partial charge in [0.25, 0.3) is 0 Å². The van der Waals surface area contributed by atoms with E-state index < -0.39 is 6.04 Å². The molecule has 9 nitrogen and oxygen atoms in total. The van der Waals surface area contributed by atoms with Crippen LogP contribution in [0.5, 0.6) is 0 Å². The van der Waals surface area contributed by atoms with Crippen LogP contribution in [-0.4, -0.2) is 95.0 Å².